The van der Waals surface area contributed by atoms with Crippen molar-refractivity contribution in [2.24, 2.45) is 5.41 Å². The summed E-state index contributed by atoms with van der Waals surface area (Å²) in [5.74, 6) is 0. The summed E-state index contributed by atoms with van der Waals surface area (Å²) in [5, 5.41) is 20.6. The van der Waals surface area contributed by atoms with Crippen LogP contribution in [-0.4, -0.2) is 35.7 Å². The number of β-amino-alcohol motifs (C(OH)–C–C–N with tert-alkyl or cyclic N) is 1. The molecule has 1 aliphatic heterocycles. The minimum absolute atomic E-state index is 0.606. The lowest BCUT2D eigenvalue weighted by atomic mass is 9.70. The number of nitriles is 1. The van der Waals surface area contributed by atoms with Crippen LogP contribution in [0.4, 0.5) is 0 Å². The summed E-state index contributed by atoms with van der Waals surface area (Å²) in [6.45, 7) is 1.48. The summed E-state index contributed by atoms with van der Waals surface area (Å²) in [6.07, 6.45) is 2.07. The Kier molecular flexibility index (Phi) is 2.48. The molecule has 1 N–H and O–H groups in total. The third kappa shape index (κ3) is 1.50. The molecule has 1 atom stereocenters. The molecule has 0 bridgehead atoms. The van der Waals surface area contributed by atoms with Gasteiger partial charge in [0.15, 0.2) is 0 Å². The van der Waals surface area contributed by atoms with Gasteiger partial charge in [-0.1, -0.05) is 24.3 Å². The fraction of sp³-hybridized carbons (Fsp3) is 0.533. The quantitative estimate of drug-likeness (QED) is 0.809. The predicted octanol–water partition coefficient (Wildman–Crippen LogP) is 1.36. The zero-order valence-electron chi connectivity index (χ0n) is 10.7. The van der Waals surface area contributed by atoms with E-state index >= 15 is 0 Å². The molecule has 94 valence electrons. The second kappa shape index (κ2) is 3.81. The lowest BCUT2D eigenvalue weighted by molar-refractivity contribution is -0.0399. The number of likely N-dealkylation sites (tertiary alicyclic amines) is 1. The van der Waals surface area contributed by atoms with Gasteiger partial charge in [0.2, 0.25) is 0 Å². The molecule has 0 radical (unpaired) electrons. The molecule has 1 aliphatic carbocycles. The van der Waals surface area contributed by atoms with E-state index in [1.807, 2.05) is 19.2 Å². The zero-order chi connectivity index (χ0) is 12.8. The van der Waals surface area contributed by atoms with Gasteiger partial charge in [0.05, 0.1) is 17.1 Å². The molecule has 3 nitrogen and oxygen atoms in total. The van der Waals surface area contributed by atoms with Gasteiger partial charge >= 0.3 is 0 Å². The number of hydrogen-bond acceptors (Lipinski definition) is 3. The van der Waals surface area contributed by atoms with Crippen molar-refractivity contribution in [2.75, 3.05) is 20.1 Å². The highest BCUT2D eigenvalue weighted by Gasteiger charge is 2.56. The fourth-order valence-corrected chi connectivity index (χ4v) is 3.50. The Morgan fingerprint density at radius 1 is 1.28 bits per heavy atom. The summed E-state index contributed by atoms with van der Waals surface area (Å²) in [5.41, 5.74) is 0.945. The smallest absolute Gasteiger partial charge is 0.0977 e. The van der Waals surface area contributed by atoms with Crippen molar-refractivity contribution in [3.05, 3.63) is 35.4 Å². The van der Waals surface area contributed by atoms with Crippen molar-refractivity contribution in [1.82, 2.24) is 4.90 Å². The minimum Gasteiger partial charge on any atom is -0.387 e. The molecule has 0 aromatic heterocycles. The van der Waals surface area contributed by atoms with Crippen LogP contribution in [0.1, 0.15) is 17.5 Å². The van der Waals surface area contributed by atoms with Crippen molar-refractivity contribution < 1.29 is 5.11 Å². The van der Waals surface area contributed by atoms with Gasteiger partial charge in [-0.15, -0.1) is 0 Å². The number of rotatable bonds is 1. The first-order valence-corrected chi connectivity index (χ1v) is 6.48. The molecule has 3 heteroatoms. The number of likely N-dealkylation sites (N-methyl/N-ethyl adjacent to an activating group) is 1. The van der Waals surface area contributed by atoms with Crippen LogP contribution in [-0.2, 0) is 12.8 Å². The molecule has 3 rings (SSSR count). The van der Waals surface area contributed by atoms with E-state index in [2.05, 4.69) is 23.1 Å². The van der Waals surface area contributed by atoms with Gasteiger partial charge in [0.1, 0.15) is 0 Å². The predicted molar refractivity (Wildman–Crippen MR) is 69.0 cm³/mol. The Morgan fingerprint density at radius 3 is 2.33 bits per heavy atom. The largest absolute Gasteiger partial charge is 0.387 e. The normalized spacial score (nSPS) is 30.1. The first-order valence-electron chi connectivity index (χ1n) is 6.48. The highest BCUT2D eigenvalue weighted by molar-refractivity contribution is 5.39. The molecule has 1 fully saturated rings. The lowest BCUT2D eigenvalue weighted by Crippen LogP contribution is -2.50. The molecule has 0 amide bonds. The molecule has 0 spiro atoms. The van der Waals surface area contributed by atoms with Crippen LogP contribution in [0.5, 0.6) is 0 Å². The van der Waals surface area contributed by atoms with Gasteiger partial charge in [-0.2, -0.15) is 5.26 Å². The summed E-state index contributed by atoms with van der Waals surface area (Å²) in [4.78, 5) is 2.11. The van der Waals surface area contributed by atoms with Crippen molar-refractivity contribution in [2.45, 2.75) is 24.9 Å². The summed E-state index contributed by atoms with van der Waals surface area (Å²) in [7, 11) is 2.01. The van der Waals surface area contributed by atoms with Crippen LogP contribution in [0.2, 0.25) is 0 Å². The van der Waals surface area contributed by atoms with Gasteiger partial charge < -0.3 is 10.0 Å². The summed E-state index contributed by atoms with van der Waals surface area (Å²) in [6, 6.07) is 10.6. The average molecular weight is 242 g/mol. The molecule has 1 heterocycles. The van der Waals surface area contributed by atoms with E-state index in [4.69, 9.17) is 0 Å². The van der Waals surface area contributed by atoms with E-state index in [1.54, 1.807) is 0 Å². The monoisotopic (exact) mass is 242 g/mol. The highest BCUT2D eigenvalue weighted by Crippen LogP contribution is 2.47. The van der Waals surface area contributed by atoms with E-state index in [-0.39, 0.29) is 0 Å². The molecular weight excluding hydrogens is 224 g/mol. The van der Waals surface area contributed by atoms with Crippen LogP contribution in [0.3, 0.4) is 0 Å². The van der Waals surface area contributed by atoms with Crippen LogP contribution in [0, 0.1) is 16.7 Å². The maximum absolute atomic E-state index is 10.9. The van der Waals surface area contributed by atoms with Crippen molar-refractivity contribution >= 4 is 0 Å². The standard InChI is InChI=1S/C15H18N2O/c1-17-7-6-15(18,11-17)14(10-16)8-12-4-2-3-5-13(12)9-14/h2-5,18H,6-9,11H2,1H3. The van der Waals surface area contributed by atoms with Crippen molar-refractivity contribution in [3.63, 3.8) is 0 Å². The molecule has 1 aromatic carbocycles. The van der Waals surface area contributed by atoms with Gasteiger partial charge in [0, 0.05) is 13.1 Å². The van der Waals surface area contributed by atoms with Crippen LogP contribution in [0.15, 0.2) is 24.3 Å². The topological polar surface area (TPSA) is 47.3 Å². The average Bonchev–Trinajstić information content (AvgIpc) is 2.91. The van der Waals surface area contributed by atoms with E-state index in [0.29, 0.717) is 25.8 Å². The third-order valence-corrected chi connectivity index (χ3v) is 4.65. The molecule has 0 saturated carbocycles. The SMILES string of the molecule is CN1CCC(O)(C2(C#N)Cc3ccccc3C2)C1. The number of fused-ring (bicyclic) bond motifs is 1. The van der Waals surface area contributed by atoms with Crippen molar-refractivity contribution in [1.29, 1.82) is 5.26 Å². The number of hydrogen-bond donors (Lipinski definition) is 1. The molecule has 1 unspecified atom stereocenters. The number of nitrogens with zero attached hydrogens (tertiary/aromatic N) is 2. The molecular formula is C15H18N2O. The lowest BCUT2D eigenvalue weighted by Gasteiger charge is -2.37. The Balaban J connectivity index is 1.98. The highest BCUT2D eigenvalue weighted by atomic mass is 16.3. The fourth-order valence-electron chi connectivity index (χ4n) is 3.50. The van der Waals surface area contributed by atoms with Crippen LogP contribution in [0.25, 0.3) is 0 Å². The second-order valence-electron chi connectivity index (χ2n) is 5.84. The maximum atomic E-state index is 10.9. The van der Waals surface area contributed by atoms with Gasteiger partial charge in [-0.05, 0) is 37.4 Å². The van der Waals surface area contributed by atoms with E-state index < -0.39 is 11.0 Å². The van der Waals surface area contributed by atoms with Crippen LogP contribution >= 0.6 is 0 Å². The first kappa shape index (κ1) is 11.7. The maximum Gasteiger partial charge on any atom is 0.0977 e. The Morgan fingerprint density at radius 2 is 1.89 bits per heavy atom. The van der Waals surface area contributed by atoms with Crippen molar-refractivity contribution in [3.8, 4) is 6.07 Å². The van der Waals surface area contributed by atoms with Gasteiger partial charge in [0.25, 0.3) is 0 Å². The molecule has 18 heavy (non-hydrogen) atoms. The van der Waals surface area contributed by atoms with Gasteiger partial charge in [-0.25, -0.2) is 0 Å². The number of benzene rings is 1. The van der Waals surface area contributed by atoms with E-state index in [1.165, 1.54) is 11.1 Å². The first-order chi connectivity index (χ1) is 8.59. The number of aliphatic hydroxyl groups is 1. The summed E-state index contributed by atoms with van der Waals surface area (Å²) >= 11 is 0. The zero-order valence-corrected chi connectivity index (χ0v) is 10.7. The van der Waals surface area contributed by atoms with Crippen LogP contribution < -0.4 is 0 Å². The minimum atomic E-state index is -0.866. The Hall–Kier alpha value is -1.37. The molecule has 1 saturated heterocycles. The third-order valence-electron chi connectivity index (χ3n) is 4.65. The second-order valence-corrected chi connectivity index (χ2v) is 5.84. The molecule has 1 aromatic rings. The Bertz CT molecular complexity index is 494. The summed E-state index contributed by atoms with van der Waals surface area (Å²) < 4.78 is 0. The van der Waals surface area contributed by atoms with E-state index in [9.17, 15) is 10.4 Å². The molecule has 2 aliphatic rings. The van der Waals surface area contributed by atoms with Gasteiger partial charge in [-0.3, -0.25) is 0 Å². The van der Waals surface area contributed by atoms with E-state index in [0.717, 1.165) is 6.54 Å². The Labute approximate surface area is 108 Å².